The fourth-order valence-corrected chi connectivity index (χ4v) is 2.75. The van der Waals surface area contributed by atoms with E-state index in [2.05, 4.69) is 5.32 Å². The molecule has 8 heteroatoms. The molecule has 2 aromatic rings. The fourth-order valence-electron chi connectivity index (χ4n) is 2.75. The van der Waals surface area contributed by atoms with E-state index in [1.54, 1.807) is 29.2 Å². The van der Waals surface area contributed by atoms with E-state index in [1.807, 2.05) is 0 Å². The molecular weight excluding hydrogens is 370 g/mol. The van der Waals surface area contributed by atoms with Crippen molar-refractivity contribution in [2.45, 2.75) is 6.42 Å². The number of rotatable bonds is 6. The summed E-state index contributed by atoms with van der Waals surface area (Å²) in [4.78, 5) is 25.8. The van der Waals surface area contributed by atoms with Crippen LogP contribution in [0.1, 0.15) is 5.56 Å². The monoisotopic (exact) mass is 390 g/mol. The third kappa shape index (κ3) is 5.26. The first kappa shape index (κ1) is 19.8. The Morgan fingerprint density at radius 2 is 1.79 bits per heavy atom. The molecule has 2 aromatic carbocycles. The molecule has 1 N–H and O–H groups in total. The highest BCUT2D eigenvalue weighted by Gasteiger charge is 2.17. The van der Waals surface area contributed by atoms with Gasteiger partial charge in [0.15, 0.2) is 18.2 Å². The van der Waals surface area contributed by atoms with Crippen molar-refractivity contribution < 1.29 is 27.8 Å². The lowest BCUT2D eigenvalue weighted by Crippen LogP contribution is -2.42. The van der Waals surface area contributed by atoms with Gasteiger partial charge in [-0.3, -0.25) is 9.59 Å². The molecule has 1 aliphatic heterocycles. The van der Waals surface area contributed by atoms with Gasteiger partial charge in [0.1, 0.15) is 5.75 Å². The minimum absolute atomic E-state index is 0.0147. The van der Waals surface area contributed by atoms with E-state index in [9.17, 15) is 18.4 Å². The average Bonchev–Trinajstić information content (AvgIpc) is 2.71. The van der Waals surface area contributed by atoms with E-state index in [0.29, 0.717) is 37.7 Å². The van der Waals surface area contributed by atoms with Crippen LogP contribution in [0.2, 0.25) is 0 Å². The van der Waals surface area contributed by atoms with Gasteiger partial charge in [0.05, 0.1) is 19.6 Å². The number of morpholine rings is 1. The van der Waals surface area contributed by atoms with Crippen LogP contribution in [-0.4, -0.2) is 49.6 Å². The number of carbonyl (C=O) groups is 2. The SMILES string of the molecule is O=C(Cc1cccc(F)c1F)Nc1ccc(OCC(=O)N2CCOCC2)cc1. The lowest BCUT2D eigenvalue weighted by molar-refractivity contribution is -0.137. The molecule has 0 unspecified atom stereocenters. The van der Waals surface area contributed by atoms with E-state index in [0.717, 1.165) is 6.07 Å². The van der Waals surface area contributed by atoms with Gasteiger partial charge in [0.25, 0.3) is 5.91 Å². The number of hydrogen-bond acceptors (Lipinski definition) is 4. The van der Waals surface area contributed by atoms with E-state index < -0.39 is 17.5 Å². The van der Waals surface area contributed by atoms with Crippen LogP contribution in [0.3, 0.4) is 0 Å². The van der Waals surface area contributed by atoms with Crippen LogP contribution in [0.25, 0.3) is 0 Å². The van der Waals surface area contributed by atoms with Crippen LogP contribution >= 0.6 is 0 Å². The molecule has 0 aliphatic carbocycles. The molecule has 0 aromatic heterocycles. The molecule has 148 valence electrons. The fraction of sp³-hybridized carbons (Fsp3) is 0.300. The van der Waals surface area contributed by atoms with Gasteiger partial charge in [0.2, 0.25) is 5.91 Å². The third-order valence-electron chi connectivity index (χ3n) is 4.25. The van der Waals surface area contributed by atoms with Gasteiger partial charge >= 0.3 is 0 Å². The zero-order valence-electron chi connectivity index (χ0n) is 15.1. The predicted octanol–water partition coefficient (Wildman–Crippen LogP) is 2.38. The highest BCUT2D eigenvalue weighted by atomic mass is 19.2. The summed E-state index contributed by atoms with van der Waals surface area (Å²) in [6, 6.07) is 10.2. The lowest BCUT2D eigenvalue weighted by Gasteiger charge is -2.26. The summed E-state index contributed by atoms with van der Waals surface area (Å²) in [7, 11) is 0. The van der Waals surface area contributed by atoms with Crippen molar-refractivity contribution in [3.63, 3.8) is 0 Å². The Hall–Kier alpha value is -3.00. The highest BCUT2D eigenvalue weighted by molar-refractivity contribution is 5.92. The molecule has 1 heterocycles. The summed E-state index contributed by atoms with van der Waals surface area (Å²) < 4.78 is 37.5. The number of nitrogens with zero attached hydrogens (tertiary/aromatic N) is 1. The second-order valence-corrected chi connectivity index (χ2v) is 6.24. The molecule has 3 rings (SSSR count). The topological polar surface area (TPSA) is 67.9 Å². The normalized spacial score (nSPS) is 13.9. The maximum absolute atomic E-state index is 13.6. The van der Waals surface area contributed by atoms with Gasteiger partial charge in [-0.2, -0.15) is 0 Å². The number of anilines is 1. The van der Waals surface area contributed by atoms with Crippen molar-refractivity contribution in [1.29, 1.82) is 0 Å². The van der Waals surface area contributed by atoms with Crippen molar-refractivity contribution in [3.8, 4) is 5.75 Å². The summed E-state index contributed by atoms with van der Waals surface area (Å²) in [5.74, 6) is -2.11. The minimum atomic E-state index is -1.02. The van der Waals surface area contributed by atoms with E-state index in [-0.39, 0.29) is 24.5 Å². The van der Waals surface area contributed by atoms with Crippen LogP contribution in [-0.2, 0) is 20.7 Å². The van der Waals surface area contributed by atoms with E-state index >= 15 is 0 Å². The Bertz CT molecular complexity index is 837. The van der Waals surface area contributed by atoms with Gasteiger partial charge in [0, 0.05) is 24.3 Å². The lowest BCUT2D eigenvalue weighted by atomic mass is 10.1. The summed E-state index contributed by atoms with van der Waals surface area (Å²) in [6.07, 6.45) is -0.282. The van der Waals surface area contributed by atoms with Gasteiger partial charge in [-0.05, 0) is 30.3 Å². The summed E-state index contributed by atoms with van der Waals surface area (Å²) in [5, 5.41) is 2.61. The van der Waals surface area contributed by atoms with Crippen molar-refractivity contribution >= 4 is 17.5 Å². The summed E-state index contributed by atoms with van der Waals surface area (Å²) >= 11 is 0. The molecular formula is C20H20F2N2O4. The molecule has 0 radical (unpaired) electrons. The van der Waals surface area contributed by atoms with Gasteiger partial charge in [-0.25, -0.2) is 8.78 Å². The van der Waals surface area contributed by atoms with Crippen molar-refractivity contribution in [3.05, 3.63) is 59.7 Å². The smallest absolute Gasteiger partial charge is 0.260 e. The zero-order valence-corrected chi connectivity index (χ0v) is 15.1. The number of ether oxygens (including phenoxy) is 2. The van der Waals surface area contributed by atoms with Crippen molar-refractivity contribution in [2.24, 2.45) is 0 Å². The second kappa shape index (κ2) is 9.27. The Morgan fingerprint density at radius 1 is 1.07 bits per heavy atom. The maximum atomic E-state index is 13.6. The van der Waals surface area contributed by atoms with Crippen LogP contribution in [0, 0.1) is 11.6 Å². The van der Waals surface area contributed by atoms with Gasteiger partial charge in [-0.1, -0.05) is 12.1 Å². The standard InChI is InChI=1S/C20H20F2N2O4/c21-17-3-1-2-14(20(17)22)12-18(25)23-15-4-6-16(7-5-15)28-13-19(26)24-8-10-27-11-9-24/h1-7H,8-13H2,(H,23,25). The number of carbonyl (C=O) groups excluding carboxylic acids is 2. The first-order chi connectivity index (χ1) is 13.5. The summed E-state index contributed by atoms with van der Waals surface area (Å²) in [5.41, 5.74) is 0.466. The Balaban J connectivity index is 1.49. The summed E-state index contributed by atoms with van der Waals surface area (Å²) in [6.45, 7) is 2.09. The Labute approximate surface area is 161 Å². The number of nitrogens with one attached hydrogen (secondary N) is 1. The predicted molar refractivity (Wildman–Crippen MR) is 98.0 cm³/mol. The molecule has 1 fully saturated rings. The molecule has 2 amide bonds. The molecule has 6 nitrogen and oxygen atoms in total. The van der Waals surface area contributed by atoms with Crippen LogP contribution in [0.5, 0.6) is 5.75 Å². The van der Waals surface area contributed by atoms with Crippen molar-refractivity contribution in [2.75, 3.05) is 38.2 Å². The maximum Gasteiger partial charge on any atom is 0.260 e. The number of halogens is 2. The Morgan fingerprint density at radius 3 is 2.50 bits per heavy atom. The quantitative estimate of drug-likeness (QED) is 0.823. The second-order valence-electron chi connectivity index (χ2n) is 6.24. The molecule has 0 saturated carbocycles. The molecule has 1 aliphatic rings. The van der Waals surface area contributed by atoms with E-state index in [1.165, 1.54) is 12.1 Å². The molecule has 1 saturated heterocycles. The van der Waals surface area contributed by atoms with Crippen LogP contribution in [0.15, 0.2) is 42.5 Å². The molecule has 28 heavy (non-hydrogen) atoms. The first-order valence-corrected chi connectivity index (χ1v) is 8.84. The minimum Gasteiger partial charge on any atom is -0.484 e. The van der Waals surface area contributed by atoms with E-state index in [4.69, 9.17) is 9.47 Å². The number of benzene rings is 2. The van der Waals surface area contributed by atoms with Crippen LogP contribution in [0.4, 0.5) is 14.5 Å². The van der Waals surface area contributed by atoms with Gasteiger partial charge < -0.3 is 19.7 Å². The highest BCUT2D eigenvalue weighted by Crippen LogP contribution is 2.17. The van der Waals surface area contributed by atoms with Gasteiger partial charge in [-0.15, -0.1) is 0 Å². The first-order valence-electron chi connectivity index (χ1n) is 8.84. The van der Waals surface area contributed by atoms with Crippen molar-refractivity contribution in [1.82, 2.24) is 4.90 Å². The number of amides is 2. The largest absolute Gasteiger partial charge is 0.484 e. The Kier molecular flexibility index (Phi) is 6.54. The molecule has 0 spiro atoms. The molecule has 0 bridgehead atoms. The average molecular weight is 390 g/mol. The third-order valence-corrected chi connectivity index (χ3v) is 4.25. The zero-order chi connectivity index (χ0) is 19.9. The molecule has 0 atom stereocenters. The van der Waals surface area contributed by atoms with Crippen LogP contribution < -0.4 is 10.1 Å². The number of hydrogen-bond donors (Lipinski definition) is 1.